The van der Waals surface area contributed by atoms with E-state index >= 15 is 0 Å². The smallest absolute Gasteiger partial charge is 0.407 e. The molecule has 0 bridgehead atoms. The predicted molar refractivity (Wildman–Crippen MR) is 83.9 cm³/mol. The number of likely N-dealkylation sites (tertiary alicyclic amines) is 1. The summed E-state index contributed by atoms with van der Waals surface area (Å²) in [5.41, 5.74) is -0.515. The average Bonchev–Trinajstić information content (AvgIpc) is 2.44. The fraction of sp³-hybridized carbons (Fsp3) is 0.800. The largest absolute Gasteiger partial charge is 0.455 e. The molecule has 8 nitrogen and oxygen atoms in total. The lowest BCUT2D eigenvalue weighted by Gasteiger charge is -2.32. The number of carbonyl (C=O) groups is 3. The van der Waals surface area contributed by atoms with E-state index in [2.05, 4.69) is 10.6 Å². The van der Waals surface area contributed by atoms with Crippen molar-refractivity contribution in [3.05, 3.63) is 0 Å². The molecule has 2 amide bonds. The van der Waals surface area contributed by atoms with Crippen LogP contribution in [-0.2, 0) is 19.1 Å². The molecular formula is C15H27N3O5. The van der Waals surface area contributed by atoms with Crippen LogP contribution in [0.2, 0.25) is 0 Å². The molecule has 1 aliphatic rings. The summed E-state index contributed by atoms with van der Waals surface area (Å²) in [4.78, 5) is 36.3. The maximum Gasteiger partial charge on any atom is 0.407 e. The van der Waals surface area contributed by atoms with Crippen molar-refractivity contribution in [2.75, 3.05) is 33.3 Å². The lowest BCUT2D eigenvalue weighted by atomic mass is 10.1. The first-order valence-electron chi connectivity index (χ1n) is 7.77. The molecule has 0 unspecified atom stereocenters. The van der Waals surface area contributed by atoms with Gasteiger partial charge in [-0.05, 0) is 33.6 Å². The summed E-state index contributed by atoms with van der Waals surface area (Å²) in [7, 11) is 1.48. The van der Waals surface area contributed by atoms with Crippen LogP contribution in [-0.4, -0.2) is 67.8 Å². The first-order chi connectivity index (χ1) is 10.7. The Morgan fingerprint density at radius 3 is 2.30 bits per heavy atom. The number of piperidine rings is 1. The quantitative estimate of drug-likeness (QED) is 0.703. The third-order valence-corrected chi connectivity index (χ3v) is 3.30. The van der Waals surface area contributed by atoms with Gasteiger partial charge in [-0.3, -0.25) is 14.5 Å². The van der Waals surface area contributed by atoms with Gasteiger partial charge in [0.1, 0.15) is 5.60 Å². The van der Waals surface area contributed by atoms with E-state index in [-0.39, 0.29) is 25.1 Å². The fourth-order valence-corrected chi connectivity index (χ4v) is 2.16. The Labute approximate surface area is 136 Å². The Kier molecular flexibility index (Phi) is 7.28. The van der Waals surface area contributed by atoms with Gasteiger partial charge in [-0.1, -0.05) is 0 Å². The van der Waals surface area contributed by atoms with Crippen LogP contribution < -0.4 is 10.6 Å². The lowest BCUT2D eigenvalue weighted by Crippen LogP contribution is -2.47. The second-order valence-electron chi connectivity index (χ2n) is 6.53. The van der Waals surface area contributed by atoms with Gasteiger partial charge in [0.15, 0.2) is 6.61 Å². The molecule has 0 radical (unpaired) electrons. The van der Waals surface area contributed by atoms with Crippen LogP contribution in [0.1, 0.15) is 33.6 Å². The molecule has 0 spiro atoms. The first-order valence-corrected chi connectivity index (χ1v) is 7.77. The highest BCUT2D eigenvalue weighted by Crippen LogP contribution is 2.12. The molecule has 0 aliphatic carbocycles. The monoisotopic (exact) mass is 329 g/mol. The summed E-state index contributed by atoms with van der Waals surface area (Å²) in [6, 6.07) is 0.0444. The first kappa shape index (κ1) is 19.2. The Morgan fingerprint density at radius 2 is 1.78 bits per heavy atom. The van der Waals surface area contributed by atoms with E-state index in [0.29, 0.717) is 13.1 Å². The minimum Gasteiger partial charge on any atom is -0.455 e. The van der Waals surface area contributed by atoms with Gasteiger partial charge in [-0.15, -0.1) is 0 Å². The molecule has 8 heteroatoms. The highest BCUT2D eigenvalue weighted by Gasteiger charge is 2.24. The average molecular weight is 329 g/mol. The maximum absolute atomic E-state index is 11.7. The van der Waals surface area contributed by atoms with Gasteiger partial charge in [0.2, 0.25) is 0 Å². The number of amides is 2. The minimum absolute atomic E-state index is 0.0444. The Bertz CT molecular complexity index is 425. The Hall–Kier alpha value is -1.83. The van der Waals surface area contributed by atoms with Crippen molar-refractivity contribution in [1.82, 2.24) is 15.5 Å². The van der Waals surface area contributed by atoms with E-state index in [0.717, 1.165) is 12.8 Å². The second kappa shape index (κ2) is 8.71. The molecule has 132 valence electrons. The van der Waals surface area contributed by atoms with Crippen molar-refractivity contribution in [3.63, 3.8) is 0 Å². The van der Waals surface area contributed by atoms with Crippen LogP contribution in [0.3, 0.4) is 0 Å². The van der Waals surface area contributed by atoms with Gasteiger partial charge in [0, 0.05) is 26.2 Å². The zero-order chi connectivity index (χ0) is 17.5. The number of hydrogen-bond acceptors (Lipinski definition) is 6. The molecule has 0 saturated carbocycles. The van der Waals surface area contributed by atoms with E-state index in [1.54, 1.807) is 0 Å². The number of rotatable bonds is 5. The van der Waals surface area contributed by atoms with Crippen LogP contribution >= 0.6 is 0 Å². The molecule has 0 atom stereocenters. The van der Waals surface area contributed by atoms with Gasteiger partial charge in [0.25, 0.3) is 5.91 Å². The topological polar surface area (TPSA) is 97.0 Å². The number of likely N-dealkylation sites (N-methyl/N-ethyl adjacent to an activating group) is 1. The standard InChI is InChI=1S/C15H27N3O5/c1-15(2,3)23-14(21)17-11-5-7-18(8-6-11)9-13(20)22-10-12(19)16-4/h11H,5-10H2,1-4H3,(H,16,19)(H,17,21). The van der Waals surface area contributed by atoms with Crippen molar-refractivity contribution < 1.29 is 23.9 Å². The van der Waals surface area contributed by atoms with Crippen LogP contribution in [0, 0.1) is 0 Å². The Morgan fingerprint density at radius 1 is 1.17 bits per heavy atom. The van der Waals surface area contributed by atoms with Crippen molar-refractivity contribution in [2.24, 2.45) is 0 Å². The molecule has 1 rings (SSSR count). The molecule has 1 saturated heterocycles. The molecule has 23 heavy (non-hydrogen) atoms. The van der Waals surface area contributed by atoms with E-state index in [1.807, 2.05) is 25.7 Å². The third-order valence-electron chi connectivity index (χ3n) is 3.30. The molecular weight excluding hydrogens is 302 g/mol. The van der Waals surface area contributed by atoms with Gasteiger partial charge < -0.3 is 20.1 Å². The summed E-state index contributed by atoms with van der Waals surface area (Å²) in [6.45, 7) is 6.70. The highest BCUT2D eigenvalue weighted by molar-refractivity contribution is 5.80. The maximum atomic E-state index is 11.7. The lowest BCUT2D eigenvalue weighted by molar-refractivity contribution is -0.149. The number of carbonyl (C=O) groups excluding carboxylic acids is 3. The summed E-state index contributed by atoms with van der Waals surface area (Å²) in [5, 5.41) is 5.22. The normalized spacial score (nSPS) is 16.5. The SMILES string of the molecule is CNC(=O)COC(=O)CN1CCC(NC(=O)OC(C)(C)C)CC1. The van der Waals surface area contributed by atoms with Crippen molar-refractivity contribution in [1.29, 1.82) is 0 Å². The molecule has 1 aliphatic heterocycles. The van der Waals surface area contributed by atoms with Crippen molar-refractivity contribution >= 4 is 18.0 Å². The fourth-order valence-electron chi connectivity index (χ4n) is 2.16. The number of alkyl carbamates (subject to hydrolysis) is 1. The molecule has 0 aromatic rings. The van der Waals surface area contributed by atoms with Crippen LogP contribution in [0.4, 0.5) is 4.79 Å². The van der Waals surface area contributed by atoms with Gasteiger partial charge in [0.05, 0.1) is 6.54 Å². The van der Waals surface area contributed by atoms with Crippen LogP contribution in [0.25, 0.3) is 0 Å². The molecule has 1 heterocycles. The van der Waals surface area contributed by atoms with Crippen LogP contribution in [0.15, 0.2) is 0 Å². The number of nitrogens with one attached hydrogen (secondary N) is 2. The Balaban J connectivity index is 2.23. The highest BCUT2D eigenvalue weighted by atomic mass is 16.6. The number of hydrogen-bond donors (Lipinski definition) is 2. The number of ether oxygens (including phenoxy) is 2. The van der Waals surface area contributed by atoms with Gasteiger partial charge >= 0.3 is 12.1 Å². The molecule has 1 fully saturated rings. The van der Waals surface area contributed by atoms with E-state index in [4.69, 9.17) is 9.47 Å². The third kappa shape index (κ3) is 8.39. The summed E-state index contributed by atoms with van der Waals surface area (Å²) in [6.07, 6.45) is 1.06. The summed E-state index contributed by atoms with van der Waals surface area (Å²) < 4.78 is 10.1. The van der Waals surface area contributed by atoms with E-state index in [9.17, 15) is 14.4 Å². The predicted octanol–water partition coefficient (Wildman–Crippen LogP) is 0.265. The minimum atomic E-state index is -0.515. The zero-order valence-corrected chi connectivity index (χ0v) is 14.3. The summed E-state index contributed by atoms with van der Waals surface area (Å²) in [5.74, 6) is -0.759. The van der Waals surface area contributed by atoms with Crippen molar-refractivity contribution in [3.8, 4) is 0 Å². The van der Waals surface area contributed by atoms with Gasteiger partial charge in [-0.25, -0.2) is 4.79 Å². The zero-order valence-electron chi connectivity index (χ0n) is 14.3. The number of nitrogens with zero attached hydrogens (tertiary/aromatic N) is 1. The van der Waals surface area contributed by atoms with Crippen molar-refractivity contribution in [2.45, 2.75) is 45.3 Å². The number of esters is 1. The molecule has 0 aromatic carbocycles. The second-order valence-corrected chi connectivity index (χ2v) is 6.53. The van der Waals surface area contributed by atoms with Crippen LogP contribution in [0.5, 0.6) is 0 Å². The van der Waals surface area contributed by atoms with Gasteiger partial charge in [-0.2, -0.15) is 0 Å². The van der Waals surface area contributed by atoms with E-state index < -0.39 is 17.7 Å². The van der Waals surface area contributed by atoms with E-state index in [1.165, 1.54) is 7.05 Å². The summed E-state index contributed by atoms with van der Waals surface area (Å²) >= 11 is 0. The molecule has 2 N–H and O–H groups in total. The molecule has 0 aromatic heterocycles.